The lowest BCUT2D eigenvalue weighted by Gasteiger charge is -2.10. The summed E-state index contributed by atoms with van der Waals surface area (Å²) in [5.74, 6) is 0. The van der Waals surface area contributed by atoms with Crippen molar-refractivity contribution in [2.24, 2.45) is 0 Å². The molecule has 1 nitrogen and oxygen atoms in total. The maximum atomic E-state index is 6.46. The Bertz CT molecular complexity index is 1580. The SMILES string of the molecule is Brc1cccc(-c2ccc(-c3cccc(-c4ccccc4)c3)c3oc4ccccc4c23)c1. The third-order valence-corrected chi connectivity index (χ3v) is 6.44. The molecule has 6 aromatic rings. The molecule has 0 radical (unpaired) electrons. The van der Waals surface area contributed by atoms with Crippen LogP contribution in [0.15, 0.2) is 124 Å². The highest BCUT2D eigenvalue weighted by Gasteiger charge is 2.17. The van der Waals surface area contributed by atoms with Crippen LogP contribution in [0.5, 0.6) is 0 Å². The lowest BCUT2D eigenvalue weighted by Crippen LogP contribution is -1.85. The van der Waals surface area contributed by atoms with E-state index in [-0.39, 0.29) is 0 Å². The van der Waals surface area contributed by atoms with Crippen LogP contribution in [-0.4, -0.2) is 0 Å². The van der Waals surface area contributed by atoms with Gasteiger partial charge in [0.1, 0.15) is 11.2 Å². The van der Waals surface area contributed by atoms with E-state index in [1.54, 1.807) is 0 Å². The topological polar surface area (TPSA) is 13.1 Å². The minimum Gasteiger partial charge on any atom is -0.455 e. The summed E-state index contributed by atoms with van der Waals surface area (Å²) in [5, 5.41) is 2.29. The van der Waals surface area contributed by atoms with Gasteiger partial charge >= 0.3 is 0 Å². The molecule has 0 N–H and O–H groups in total. The fraction of sp³-hybridized carbons (Fsp3) is 0. The standard InChI is InChI=1S/C30H19BrO/c31-24-13-7-12-23(19-24)25-16-17-26(30-29(25)27-14-4-5-15-28(27)32-30)22-11-6-10-21(18-22)20-8-2-1-3-9-20/h1-19H. The Kier molecular flexibility index (Phi) is 4.66. The van der Waals surface area contributed by atoms with Crippen molar-refractivity contribution >= 4 is 37.9 Å². The van der Waals surface area contributed by atoms with Gasteiger partial charge in [-0.3, -0.25) is 0 Å². The fourth-order valence-corrected chi connectivity index (χ4v) is 4.85. The molecular formula is C30H19BrO. The second kappa shape index (κ2) is 7.81. The highest BCUT2D eigenvalue weighted by atomic mass is 79.9. The van der Waals surface area contributed by atoms with E-state index in [0.717, 1.165) is 37.5 Å². The van der Waals surface area contributed by atoms with Gasteiger partial charge in [0.25, 0.3) is 0 Å². The van der Waals surface area contributed by atoms with E-state index in [1.165, 1.54) is 22.3 Å². The minimum atomic E-state index is 0.908. The molecule has 0 amide bonds. The molecule has 0 atom stereocenters. The second-order valence-electron chi connectivity index (χ2n) is 7.92. The summed E-state index contributed by atoms with van der Waals surface area (Å²) >= 11 is 3.62. The van der Waals surface area contributed by atoms with Crippen LogP contribution in [0.4, 0.5) is 0 Å². The Labute approximate surface area is 195 Å². The predicted octanol–water partition coefficient (Wildman–Crippen LogP) is 9.35. The maximum absolute atomic E-state index is 6.46. The minimum absolute atomic E-state index is 0.908. The molecule has 0 spiro atoms. The lowest BCUT2D eigenvalue weighted by molar-refractivity contribution is 0.670. The Morgan fingerprint density at radius 2 is 1.16 bits per heavy atom. The first-order chi connectivity index (χ1) is 15.8. The molecule has 1 heterocycles. The molecule has 5 aromatic carbocycles. The molecule has 0 saturated carbocycles. The zero-order valence-electron chi connectivity index (χ0n) is 17.3. The first kappa shape index (κ1) is 19.1. The van der Waals surface area contributed by atoms with Gasteiger partial charge in [0.05, 0.1) is 0 Å². The fourth-order valence-electron chi connectivity index (χ4n) is 4.45. The third-order valence-electron chi connectivity index (χ3n) is 5.94. The van der Waals surface area contributed by atoms with E-state index in [0.29, 0.717) is 0 Å². The van der Waals surface area contributed by atoms with Gasteiger partial charge in [-0.1, -0.05) is 101 Å². The highest BCUT2D eigenvalue weighted by molar-refractivity contribution is 9.10. The molecule has 0 aliphatic heterocycles. The van der Waals surface area contributed by atoms with Crippen molar-refractivity contribution < 1.29 is 4.42 Å². The number of halogens is 1. The van der Waals surface area contributed by atoms with Crippen molar-refractivity contribution in [2.75, 3.05) is 0 Å². The van der Waals surface area contributed by atoms with Crippen molar-refractivity contribution in [3.05, 3.63) is 120 Å². The number of hydrogen-bond acceptors (Lipinski definition) is 1. The smallest absolute Gasteiger partial charge is 0.143 e. The van der Waals surface area contributed by atoms with Gasteiger partial charge in [0.2, 0.25) is 0 Å². The molecular weight excluding hydrogens is 456 g/mol. The molecule has 0 fully saturated rings. The van der Waals surface area contributed by atoms with Crippen LogP contribution >= 0.6 is 15.9 Å². The summed E-state index contributed by atoms with van der Waals surface area (Å²) in [6.45, 7) is 0. The van der Waals surface area contributed by atoms with Crippen LogP contribution in [0, 0.1) is 0 Å². The second-order valence-corrected chi connectivity index (χ2v) is 8.84. The van der Waals surface area contributed by atoms with Crippen LogP contribution in [0.3, 0.4) is 0 Å². The molecule has 0 saturated heterocycles. The number of furan rings is 1. The van der Waals surface area contributed by atoms with Crippen molar-refractivity contribution in [3.8, 4) is 33.4 Å². The average molecular weight is 475 g/mol. The summed E-state index contributed by atoms with van der Waals surface area (Å²) < 4.78 is 7.53. The van der Waals surface area contributed by atoms with E-state index >= 15 is 0 Å². The van der Waals surface area contributed by atoms with E-state index in [4.69, 9.17) is 4.42 Å². The van der Waals surface area contributed by atoms with Crippen LogP contribution in [0.1, 0.15) is 0 Å². The van der Waals surface area contributed by atoms with Gasteiger partial charge in [-0.2, -0.15) is 0 Å². The molecule has 6 rings (SSSR count). The van der Waals surface area contributed by atoms with E-state index in [9.17, 15) is 0 Å². The van der Waals surface area contributed by atoms with Crippen LogP contribution in [0.2, 0.25) is 0 Å². The number of para-hydroxylation sites is 1. The summed E-state index contributed by atoms with van der Waals surface area (Å²) in [4.78, 5) is 0. The van der Waals surface area contributed by atoms with E-state index in [1.807, 2.05) is 18.2 Å². The molecule has 0 bridgehead atoms. The number of rotatable bonds is 3. The Morgan fingerprint density at radius 1 is 0.500 bits per heavy atom. The van der Waals surface area contributed by atoms with Crippen molar-refractivity contribution in [1.29, 1.82) is 0 Å². The van der Waals surface area contributed by atoms with Crippen molar-refractivity contribution in [1.82, 2.24) is 0 Å². The summed E-state index contributed by atoms with van der Waals surface area (Å²) in [5.41, 5.74) is 8.84. The van der Waals surface area contributed by atoms with Gasteiger partial charge in [0.15, 0.2) is 0 Å². The van der Waals surface area contributed by atoms with E-state index < -0.39 is 0 Å². The third kappa shape index (κ3) is 3.24. The first-order valence-corrected chi connectivity index (χ1v) is 11.4. The lowest BCUT2D eigenvalue weighted by atomic mass is 9.93. The molecule has 2 heteroatoms. The Balaban J connectivity index is 1.63. The van der Waals surface area contributed by atoms with Crippen molar-refractivity contribution in [2.45, 2.75) is 0 Å². The van der Waals surface area contributed by atoms with Gasteiger partial charge in [-0.05, 0) is 58.1 Å². The monoisotopic (exact) mass is 474 g/mol. The normalized spacial score (nSPS) is 11.3. The van der Waals surface area contributed by atoms with Gasteiger partial charge in [-0.15, -0.1) is 0 Å². The molecule has 0 aliphatic carbocycles. The van der Waals surface area contributed by atoms with Crippen LogP contribution in [-0.2, 0) is 0 Å². The summed E-state index contributed by atoms with van der Waals surface area (Å²) in [7, 11) is 0. The quantitative estimate of drug-likeness (QED) is 0.249. The van der Waals surface area contributed by atoms with Crippen LogP contribution in [0.25, 0.3) is 55.3 Å². The Hall–Kier alpha value is -3.62. The van der Waals surface area contributed by atoms with E-state index in [2.05, 4.69) is 113 Å². The summed E-state index contributed by atoms with van der Waals surface area (Å²) in [6, 6.07) is 40.3. The number of fused-ring (bicyclic) bond motifs is 3. The molecule has 0 aliphatic rings. The zero-order valence-corrected chi connectivity index (χ0v) is 18.8. The number of benzene rings is 5. The van der Waals surface area contributed by atoms with Crippen LogP contribution < -0.4 is 0 Å². The predicted molar refractivity (Wildman–Crippen MR) is 138 cm³/mol. The summed E-state index contributed by atoms with van der Waals surface area (Å²) in [6.07, 6.45) is 0. The molecule has 152 valence electrons. The van der Waals surface area contributed by atoms with Gasteiger partial charge < -0.3 is 4.42 Å². The zero-order chi connectivity index (χ0) is 21.5. The molecule has 32 heavy (non-hydrogen) atoms. The average Bonchev–Trinajstić information content (AvgIpc) is 3.24. The largest absolute Gasteiger partial charge is 0.455 e. The highest BCUT2D eigenvalue weighted by Crippen LogP contribution is 2.42. The maximum Gasteiger partial charge on any atom is 0.143 e. The Morgan fingerprint density at radius 3 is 2.00 bits per heavy atom. The number of hydrogen-bond donors (Lipinski definition) is 0. The van der Waals surface area contributed by atoms with Crippen molar-refractivity contribution in [3.63, 3.8) is 0 Å². The van der Waals surface area contributed by atoms with Gasteiger partial charge in [-0.25, -0.2) is 0 Å². The molecule has 0 unspecified atom stereocenters. The van der Waals surface area contributed by atoms with Gasteiger partial charge in [0, 0.05) is 20.8 Å². The first-order valence-electron chi connectivity index (χ1n) is 10.6. The molecule has 1 aromatic heterocycles.